The van der Waals surface area contributed by atoms with Gasteiger partial charge >= 0.3 is 6.18 Å². The minimum atomic E-state index is -4.42. The lowest BCUT2D eigenvalue weighted by Crippen LogP contribution is -2.24. The molecule has 0 spiro atoms. The van der Waals surface area contributed by atoms with Crippen molar-refractivity contribution in [3.63, 3.8) is 0 Å². The quantitative estimate of drug-likeness (QED) is 0.301. The highest BCUT2D eigenvalue weighted by atomic mass is 19.4. The first-order chi connectivity index (χ1) is 17.7. The molecule has 192 valence electrons. The van der Waals surface area contributed by atoms with E-state index in [4.69, 9.17) is 0 Å². The van der Waals surface area contributed by atoms with E-state index in [1.807, 2.05) is 30.5 Å². The Bertz CT molecular complexity index is 1380. The van der Waals surface area contributed by atoms with Gasteiger partial charge in [-0.15, -0.1) is 0 Å². The summed E-state index contributed by atoms with van der Waals surface area (Å²) < 4.78 is 41.8. The highest BCUT2D eigenvalue weighted by Gasteiger charge is 2.34. The van der Waals surface area contributed by atoms with Crippen LogP contribution in [0.1, 0.15) is 59.1 Å². The van der Waals surface area contributed by atoms with Crippen LogP contribution < -0.4 is 0 Å². The molecule has 37 heavy (non-hydrogen) atoms. The van der Waals surface area contributed by atoms with Crippen molar-refractivity contribution in [2.75, 3.05) is 13.6 Å². The molecule has 0 aromatic heterocycles. The van der Waals surface area contributed by atoms with Crippen LogP contribution >= 0.6 is 0 Å². The Morgan fingerprint density at radius 1 is 1.11 bits per heavy atom. The summed E-state index contributed by atoms with van der Waals surface area (Å²) in [5, 5.41) is 0.955. The molecule has 0 saturated carbocycles. The summed E-state index contributed by atoms with van der Waals surface area (Å²) in [6.07, 6.45) is 6.69. The predicted octanol–water partition coefficient (Wildman–Crippen LogP) is 8.70. The Hall–Kier alpha value is -3.44. The van der Waals surface area contributed by atoms with Crippen molar-refractivity contribution in [1.82, 2.24) is 4.90 Å². The Morgan fingerprint density at radius 3 is 2.62 bits per heavy atom. The van der Waals surface area contributed by atoms with E-state index in [9.17, 15) is 13.2 Å². The van der Waals surface area contributed by atoms with Crippen LogP contribution in [-0.4, -0.2) is 24.2 Å². The molecule has 3 aromatic rings. The van der Waals surface area contributed by atoms with E-state index in [2.05, 4.69) is 60.8 Å². The second-order valence-corrected chi connectivity index (χ2v) is 9.66. The molecule has 5 heteroatoms. The van der Waals surface area contributed by atoms with Crippen molar-refractivity contribution in [2.45, 2.75) is 45.3 Å². The first-order valence-electron chi connectivity index (χ1n) is 12.6. The van der Waals surface area contributed by atoms with Crippen LogP contribution in [0.4, 0.5) is 13.2 Å². The van der Waals surface area contributed by atoms with Gasteiger partial charge in [-0.05, 0) is 83.1 Å². The van der Waals surface area contributed by atoms with Crippen molar-refractivity contribution < 1.29 is 13.2 Å². The standard InChI is InChI=1S/C32H33F3N2/c1-5-24-19-28(27-14-11-15-29(32(33,34)35)31(27)22(24)3)25(6-2)21-37(4)20-23-12-10-13-26(18-23)30-16-8-7-9-17-36-30/h5,7-15,17-19,25H,1,6,16,20-21H2,2-4H3. The molecule has 1 heterocycles. The number of likely N-dealkylation sites (N-methyl/N-ethyl adjacent to an activating group) is 1. The zero-order valence-electron chi connectivity index (χ0n) is 21.6. The molecular formula is C32H33F3N2. The van der Waals surface area contributed by atoms with Gasteiger partial charge in [-0.1, -0.05) is 68.1 Å². The van der Waals surface area contributed by atoms with Gasteiger partial charge in [0.05, 0.1) is 11.3 Å². The second-order valence-electron chi connectivity index (χ2n) is 9.66. The number of aliphatic imine (C=N–C) groups is 1. The predicted molar refractivity (Wildman–Crippen MR) is 149 cm³/mol. The number of alkyl halides is 3. The lowest BCUT2D eigenvalue weighted by molar-refractivity contribution is -0.136. The number of nitrogens with zero attached hydrogens (tertiary/aromatic N) is 2. The lowest BCUT2D eigenvalue weighted by Gasteiger charge is -2.26. The number of halogens is 3. The van der Waals surface area contributed by atoms with Gasteiger partial charge in [-0.3, -0.25) is 4.99 Å². The van der Waals surface area contributed by atoms with Gasteiger partial charge < -0.3 is 4.90 Å². The Labute approximate surface area is 217 Å². The SMILES string of the molecule is C=Cc1cc(C(CC)CN(C)Cc2cccc(C3=NC=CC=CC3)c2)c2cccc(C(F)(F)F)c2c1C. The van der Waals surface area contributed by atoms with Gasteiger partial charge in [0.25, 0.3) is 0 Å². The van der Waals surface area contributed by atoms with Crippen molar-refractivity contribution in [2.24, 2.45) is 4.99 Å². The highest BCUT2D eigenvalue weighted by molar-refractivity contribution is 6.02. The second kappa shape index (κ2) is 11.3. The highest BCUT2D eigenvalue weighted by Crippen LogP contribution is 2.41. The molecule has 0 radical (unpaired) electrons. The summed E-state index contributed by atoms with van der Waals surface area (Å²) in [7, 11) is 2.07. The van der Waals surface area contributed by atoms with E-state index in [1.165, 1.54) is 17.7 Å². The molecule has 0 amide bonds. The van der Waals surface area contributed by atoms with E-state index in [-0.39, 0.29) is 11.3 Å². The maximum atomic E-state index is 13.9. The third-order valence-electron chi connectivity index (χ3n) is 7.07. The molecule has 0 bridgehead atoms. The summed E-state index contributed by atoms with van der Waals surface area (Å²) in [6, 6.07) is 15.0. The minimum Gasteiger partial charge on any atom is -0.302 e. The third kappa shape index (κ3) is 5.94. The molecule has 1 aliphatic rings. The topological polar surface area (TPSA) is 15.6 Å². The number of hydrogen-bond donors (Lipinski definition) is 0. The van der Waals surface area contributed by atoms with E-state index in [0.29, 0.717) is 10.9 Å². The van der Waals surface area contributed by atoms with Gasteiger partial charge in [-0.2, -0.15) is 13.2 Å². The first kappa shape index (κ1) is 26.6. The van der Waals surface area contributed by atoms with Crippen LogP contribution in [-0.2, 0) is 12.7 Å². The third-order valence-corrected chi connectivity index (χ3v) is 7.07. The van der Waals surface area contributed by atoms with Crippen molar-refractivity contribution in [3.05, 3.63) is 113 Å². The van der Waals surface area contributed by atoms with Gasteiger partial charge in [0, 0.05) is 25.7 Å². The molecule has 3 aromatic carbocycles. The number of benzene rings is 3. The van der Waals surface area contributed by atoms with Crippen LogP contribution in [0.2, 0.25) is 0 Å². The Balaban J connectivity index is 1.64. The largest absolute Gasteiger partial charge is 0.417 e. The molecule has 1 unspecified atom stereocenters. The van der Waals surface area contributed by atoms with Gasteiger partial charge in [0.1, 0.15) is 0 Å². The normalized spacial score (nSPS) is 14.6. The van der Waals surface area contributed by atoms with Gasteiger partial charge in [-0.25, -0.2) is 0 Å². The van der Waals surface area contributed by atoms with Crippen LogP contribution in [0.3, 0.4) is 0 Å². The monoisotopic (exact) mass is 502 g/mol. The number of aryl methyl sites for hydroxylation is 1. The fourth-order valence-electron chi connectivity index (χ4n) is 5.22. The lowest BCUT2D eigenvalue weighted by atomic mass is 9.85. The van der Waals surface area contributed by atoms with Gasteiger partial charge in [0.15, 0.2) is 0 Å². The van der Waals surface area contributed by atoms with E-state index in [0.717, 1.165) is 48.3 Å². The summed E-state index contributed by atoms with van der Waals surface area (Å²) in [5.74, 6) is 0.0694. The Morgan fingerprint density at radius 2 is 1.89 bits per heavy atom. The molecule has 0 fully saturated rings. The molecule has 0 N–H and O–H groups in total. The molecular weight excluding hydrogens is 469 g/mol. The van der Waals surface area contributed by atoms with Crippen LogP contribution in [0.5, 0.6) is 0 Å². The number of allylic oxidation sites excluding steroid dienone is 3. The van der Waals surface area contributed by atoms with Gasteiger partial charge in [0.2, 0.25) is 0 Å². The molecule has 0 aliphatic carbocycles. The minimum absolute atomic E-state index is 0.0694. The van der Waals surface area contributed by atoms with Crippen LogP contribution in [0.15, 0.2) is 84.5 Å². The zero-order valence-corrected chi connectivity index (χ0v) is 21.6. The number of hydrogen-bond acceptors (Lipinski definition) is 2. The molecule has 4 rings (SSSR count). The zero-order chi connectivity index (χ0) is 26.6. The maximum Gasteiger partial charge on any atom is 0.417 e. The number of fused-ring (bicyclic) bond motifs is 1. The maximum absolute atomic E-state index is 13.9. The number of rotatable bonds is 8. The fraction of sp³-hybridized carbons (Fsp3) is 0.281. The van der Waals surface area contributed by atoms with E-state index in [1.54, 1.807) is 13.0 Å². The summed E-state index contributed by atoms with van der Waals surface area (Å²) in [5.41, 5.74) is 5.04. The van der Waals surface area contributed by atoms with Crippen LogP contribution in [0, 0.1) is 6.92 Å². The summed E-state index contributed by atoms with van der Waals surface area (Å²) in [4.78, 5) is 6.81. The smallest absolute Gasteiger partial charge is 0.302 e. The average molecular weight is 503 g/mol. The van der Waals surface area contributed by atoms with Crippen molar-refractivity contribution >= 4 is 22.6 Å². The molecule has 1 aliphatic heterocycles. The van der Waals surface area contributed by atoms with Crippen LogP contribution in [0.25, 0.3) is 16.8 Å². The molecule has 1 atom stereocenters. The average Bonchev–Trinajstić information content (AvgIpc) is 3.17. The van der Waals surface area contributed by atoms with Crippen molar-refractivity contribution in [3.8, 4) is 0 Å². The van der Waals surface area contributed by atoms with E-state index < -0.39 is 11.7 Å². The summed E-state index contributed by atoms with van der Waals surface area (Å²) in [6.45, 7) is 9.18. The first-order valence-corrected chi connectivity index (χ1v) is 12.6. The molecule has 0 saturated heterocycles. The van der Waals surface area contributed by atoms with E-state index >= 15 is 0 Å². The molecule has 2 nitrogen and oxygen atoms in total. The summed E-state index contributed by atoms with van der Waals surface area (Å²) >= 11 is 0. The van der Waals surface area contributed by atoms with Crippen molar-refractivity contribution in [1.29, 1.82) is 0 Å². The fourth-order valence-corrected chi connectivity index (χ4v) is 5.22. The Kier molecular flexibility index (Phi) is 8.13.